The molecule has 1 fully saturated rings. The average Bonchev–Trinajstić information content (AvgIpc) is 3.13. The van der Waals surface area contributed by atoms with Crippen molar-refractivity contribution in [1.29, 1.82) is 0 Å². The van der Waals surface area contributed by atoms with Gasteiger partial charge in [-0.1, -0.05) is 19.1 Å². The number of aromatic nitrogens is 1. The van der Waals surface area contributed by atoms with E-state index < -0.39 is 23.1 Å². The first-order chi connectivity index (χ1) is 14.6. The highest BCUT2D eigenvalue weighted by Crippen LogP contribution is 2.38. The topological polar surface area (TPSA) is 68.3 Å². The SMILES string of the molecule is Cc1cccc2c1c(=O)c(C(N)=O)cn2-c1ccc(N2CCC(C)C2)cc1C(F)(F)F. The van der Waals surface area contributed by atoms with Gasteiger partial charge in [0.2, 0.25) is 5.43 Å². The number of carbonyl (C=O) groups excluding carboxylic acids is 1. The van der Waals surface area contributed by atoms with Crippen LogP contribution < -0.4 is 16.1 Å². The molecule has 8 heteroatoms. The zero-order valence-corrected chi connectivity index (χ0v) is 17.2. The van der Waals surface area contributed by atoms with Gasteiger partial charge in [0.15, 0.2) is 0 Å². The highest BCUT2D eigenvalue weighted by Gasteiger charge is 2.35. The zero-order chi connectivity index (χ0) is 22.5. The molecule has 3 aromatic rings. The lowest BCUT2D eigenvalue weighted by atomic mass is 10.0. The van der Waals surface area contributed by atoms with Crippen molar-refractivity contribution in [2.45, 2.75) is 26.4 Å². The molecule has 2 aromatic carbocycles. The van der Waals surface area contributed by atoms with Crippen molar-refractivity contribution in [2.24, 2.45) is 11.7 Å². The molecule has 5 nitrogen and oxygen atoms in total. The van der Waals surface area contributed by atoms with Crippen LogP contribution in [0.3, 0.4) is 0 Å². The fourth-order valence-corrected chi connectivity index (χ4v) is 4.24. The van der Waals surface area contributed by atoms with E-state index >= 15 is 0 Å². The van der Waals surface area contributed by atoms with E-state index in [1.165, 1.54) is 10.6 Å². The Bertz CT molecular complexity index is 1250. The molecule has 1 aromatic heterocycles. The number of hydrogen-bond donors (Lipinski definition) is 1. The molecule has 0 bridgehead atoms. The molecule has 1 aliphatic rings. The van der Waals surface area contributed by atoms with E-state index in [-0.39, 0.29) is 22.2 Å². The Morgan fingerprint density at radius 1 is 1.19 bits per heavy atom. The van der Waals surface area contributed by atoms with Crippen molar-refractivity contribution < 1.29 is 18.0 Å². The molecule has 162 valence electrons. The highest BCUT2D eigenvalue weighted by atomic mass is 19.4. The number of primary amides is 1. The fraction of sp³-hybridized carbons (Fsp3) is 0.304. The summed E-state index contributed by atoms with van der Waals surface area (Å²) in [5, 5.41) is 0.171. The van der Waals surface area contributed by atoms with E-state index in [4.69, 9.17) is 5.73 Å². The number of amides is 1. The molecule has 0 saturated carbocycles. The molecule has 2 heterocycles. The normalized spacial score (nSPS) is 16.8. The molecule has 1 atom stereocenters. The third-order valence-corrected chi connectivity index (χ3v) is 5.84. The van der Waals surface area contributed by atoms with Crippen molar-refractivity contribution in [2.75, 3.05) is 18.0 Å². The van der Waals surface area contributed by atoms with Crippen molar-refractivity contribution in [3.8, 4) is 5.69 Å². The van der Waals surface area contributed by atoms with E-state index in [2.05, 4.69) is 6.92 Å². The largest absolute Gasteiger partial charge is 0.418 e. The van der Waals surface area contributed by atoms with Crippen molar-refractivity contribution in [3.63, 3.8) is 0 Å². The van der Waals surface area contributed by atoms with Crippen LogP contribution in [0.2, 0.25) is 0 Å². The number of aryl methyl sites for hydroxylation is 1. The van der Waals surface area contributed by atoms with Gasteiger partial charge in [0.05, 0.1) is 16.8 Å². The minimum absolute atomic E-state index is 0.165. The average molecular weight is 429 g/mol. The second kappa shape index (κ2) is 7.44. The predicted octanol–water partition coefficient (Wildman–Crippen LogP) is 4.26. The molecule has 1 unspecified atom stereocenters. The van der Waals surface area contributed by atoms with Crippen LogP contribution in [-0.4, -0.2) is 23.6 Å². The number of pyridine rings is 1. The Morgan fingerprint density at radius 2 is 1.94 bits per heavy atom. The molecule has 4 rings (SSSR count). The van der Waals surface area contributed by atoms with E-state index in [1.807, 2.05) is 4.90 Å². The lowest BCUT2D eigenvalue weighted by Gasteiger charge is -2.23. The molecule has 2 N–H and O–H groups in total. The van der Waals surface area contributed by atoms with Crippen LogP contribution >= 0.6 is 0 Å². The summed E-state index contributed by atoms with van der Waals surface area (Å²) in [7, 11) is 0. The Hall–Kier alpha value is -3.29. The van der Waals surface area contributed by atoms with Crippen molar-refractivity contribution >= 4 is 22.5 Å². The number of hydrogen-bond acceptors (Lipinski definition) is 3. The Kier molecular flexibility index (Phi) is 5.03. The van der Waals surface area contributed by atoms with E-state index in [1.54, 1.807) is 31.2 Å². The first kappa shape index (κ1) is 21.0. The second-order valence-corrected chi connectivity index (χ2v) is 8.11. The molecule has 0 spiro atoms. The maximum Gasteiger partial charge on any atom is 0.418 e. The summed E-state index contributed by atoms with van der Waals surface area (Å²) in [4.78, 5) is 26.6. The number of nitrogens with zero attached hydrogens (tertiary/aromatic N) is 2. The van der Waals surface area contributed by atoms with Crippen LogP contribution in [0.1, 0.15) is 34.8 Å². The van der Waals surface area contributed by atoms with E-state index in [0.717, 1.165) is 18.7 Å². The maximum atomic E-state index is 14.1. The summed E-state index contributed by atoms with van der Waals surface area (Å²) >= 11 is 0. The van der Waals surface area contributed by atoms with Crippen LogP contribution in [0.5, 0.6) is 0 Å². The van der Waals surface area contributed by atoms with Gasteiger partial charge in [-0.15, -0.1) is 0 Å². The van der Waals surface area contributed by atoms with Crippen LogP contribution in [0.25, 0.3) is 16.6 Å². The van der Waals surface area contributed by atoms with Gasteiger partial charge in [0.25, 0.3) is 5.91 Å². The van der Waals surface area contributed by atoms with Gasteiger partial charge in [-0.3, -0.25) is 9.59 Å². The summed E-state index contributed by atoms with van der Waals surface area (Å²) < 4.78 is 43.6. The fourth-order valence-electron chi connectivity index (χ4n) is 4.24. The standard InChI is InChI=1S/C23H22F3N3O2/c1-13-8-9-28(11-13)15-6-7-18(17(10-15)23(24,25)26)29-12-16(22(27)31)21(30)20-14(2)4-3-5-19(20)29/h3-7,10,12-13H,8-9,11H2,1-2H3,(H2,27,31). The monoisotopic (exact) mass is 429 g/mol. The van der Waals surface area contributed by atoms with Crippen LogP contribution in [0, 0.1) is 12.8 Å². The Morgan fingerprint density at radius 3 is 2.55 bits per heavy atom. The third-order valence-electron chi connectivity index (χ3n) is 5.84. The van der Waals surface area contributed by atoms with Gasteiger partial charge in [0.1, 0.15) is 5.56 Å². The van der Waals surface area contributed by atoms with Gasteiger partial charge < -0.3 is 15.2 Å². The first-order valence-corrected chi connectivity index (χ1v) is 9.99. The lowest BCUT2D eigenvalue weighted by Crippen LogP contribution is -2.25. The van der Waals surface area contributed by atoms with Gasteiger partial charge in [-0.2, -0.15) is 13.2 Å². The third kappa shape index (κ3) is 3.66. The number of fused-ring (bicyclic) bond motifs is 1. The number of carbonyl (C=O) groups is 1. The molecule has 1 amide bonds. The zero-order valence-electron chi connectivity index (χ0n) is 17.2. The second-order valence-electron chi connectivity index (χ2n) is 8.11. The minimum atomic E-state index is -4.64. The minimum Gasteiger partial charge on any atom is -0.371 e. The van der Waals surface area contributed by atoms with Gasteiger partial charge in [-0.25, -0.2) is 0 Å². The number of halogens is 3. The van der Waals surface area contributed by atoms with Crippen molar-refractivity contribution in [3.05, 3.63) is 69.5 Å². The van der Waals surface area contributed by atoms with Crippen LogP contribution in [0.15, 0.2) is 47.4 Å². The predicted molar refractivity (Wildman–Crippen MR) is 114 cm³/mol. The van der Waals surface area contributed by atoms with Crippen LogP contribution in [-0.2, 0) is 6.18 Å². The molecule has 1 saturated heterocycles. The lowest BCUT2D eigenvalue weighted by molar-refractivity contribution is -0.137. The van der Waals surface area contributed by atoms with Gasteiger partial charge in [-0.05, 0) is 49.1 Å². The summed E-state index contributed by atoms with van der Waals surface area (Å²) in [6.45, 7) is 5.13. The number of rotatable bonds is 3. The van der Waals surface area contributed by atoms with Gasteiger partial charge in [0, 0.05) is 30.4 Å². The maximum absolute atomic E-state index is 14.1. The number of benzene rings is 2. The molecule has 0 radical (unpaired) electrons. The Balaban J connectivity index is 2.02. The molecular weight excluding hydrogens is 407 g/mol. The summed E-state index contributed by atoms with van der Waals surface area (Å²) in [6, 6.07) is 9.05. The van der Waals surface area contributed by atoms with E-state index in [0.29, 0.717) is 30.3 Å². The van der Waals surface area contributed by atoms with E-state index in [9.17, 15) is 22.8 Å². The number of nitrogens with two attached hydrogens (primary N) is 1. The van der Waals surface area contributed by atoms with Crippen LogP contribution in [0.4, 0.5) is 18.9 Å². The molecular formula is C23H22F3N3O2. The van der Waals surface area contributed by atoms with Gasteiger partial charge >= 0.3 is 6.18 Å². The Labute approximate surface area is 176 Å². The number of anilines is 1. The highest BCUT2D eigenvalue weighted by molar-refractivity contribution is 5.97. The molecule has 0 aliphatic carbocycles. The summed E-state index contributed by atoms with van der Waals surface area (Å²) in [5.74, 6) is -0.571. The summed E-state index contributed by atoms with van der Waals surface area (Å²) in [6.07, 6.45) is -2.60. The first-order valence-electron chi connectivity index (χ1n) is 9.99. The summed E-state index contributed by atoms with van der Waals surface area (Å²) in [5.41, 5.74) is 4.74. The quantitative estimate of drug-likeness (QED) is 0.676. The molecule has 31 heavy (non-hydrogen) atoms. The van der Waals surface area contributed by atoms with Crippen molar-refractivity contribution in [1.82, 2.24) is 4.57 Å². The molecule has 1 aliphatic heterocycles. The number of alkyl halides is 3. The smallest absolute Gasteiger partial charge is 0.371 e.